The fourth-order valence-corrected chi connectivity index (χ4v) is 2.60. The van der Waals surface area contributed by atoms with Crippen molar-refractivity contribution in [1.82, 2.24) is 15.0 Å². The Morgan fingerprint density at radius 3 is 2.75 bits per heavy atom. The van der Waals surface area contributed by atoms with Crippen LogP contribution in [-0.4, -0.2) is 40.5 Å². The number of ether oxygens (including phenoxy) is 2. The van der Waals surface area contributed by atoms with Crippen LogP contribution in [0.15, 0.2) is 5.16 Å². The van der Waals surface area contributed by atoms with Gasteiger partial charge < -0.3 is 9.47 Å². The second-order valence-corrected chi connectivity index (χ2v) is 4.91. The van der Waals surface area contributed by atoms with Gasteiger partial charge in [-0.3, -0.25) is 0 Å². The molecule has 1 aromatic heterocycles. The summed E-state index contributed by atoms with van der Waals surface area (Å²) in [4.78, 5) is 12.0. The highest BCUT2D eigenvalue weighted by molar-refractivity contribution is 7.99. The average Bonchev–Trinajstić information content (AvgIpc) is 2.29. The molecule has 1 aliphatic heterocycles. The van der Waals surface area contributed by atoms with Crippen molar-refractivity contribution in [3.8, 4) is 6.01 Å². The van der Waals surface area contributed by atoms with Gasteiger partial charge in [0, 0.05) is 18.5 Å². The molecule has 0 aromatic carbocycles. The van der Waals surface area contributed by atoms with Gasteiger partial charge in [-0.05, 0) is 24.4 Å². The molecular weight excluding hydrogens is 250 g/mol. The molecule has 16 heavy (non-hydrogen) atoms. The van der Waals surface area contributed by atoms with Crippen molar-refractivity contribution in [1.29, 1.82) is 0 Å². The first-order chi connectivity index (χ1) is 7.78. The number of hydrogen-bond donors (Lipinski definition) is 0. The normalized spacial score (nSPS) is 17.4. The van der Waals surface area contributed by atoms with Crippen molar-refractivity contribution in [3.63, 3.8) is 0 Å². The summed E-state index contributed by atoms with van der Waals surface area (Å²) in [6.45, 7) is 1.60. The topological polar surface area (TPSA) is 57.1 Å². The molecule has 0 radical (unpaired) electrons. The predicted molar refractivity (Wildman–Crippen MR) is 61.1 cm³/mol. The van der Waals surface area contributed by atoms with Crippen molar-refractivity contribution in [2.45, 2.75) is 23.2 Å². The number of aromatic nitrogens is 3. The monoisotopic (exact) mass is 261 g/mol. The fourth-order valence-electron chi connectivity index (χ4n) is 1.40. The van der Waals surface area contributed by atoms with E-state index in [0.29, 0.717) is 10.4 Å². The van der Waals surface area contributed by atoms with Crippen LogP contribution in [0.3, 0.4) is 0 Å². The maximum Gasteiger partial charge on any atom is 0.321 e. The van der Waals surface area contributed by atoms with E-state index in [-0.39, 0.29) is 11.3 Å². The molecule has 0 saturated carbocycles. The Hall–Kier alpha value is -0.590. The second kappa shape index (κ2) is 5.65. The van der Waals surface area contributed by atoms with Crippen LogP contribution >= 0.6 is 23.4 Å². The summed E-state index contributed by atoms with van der Waals surface area (Å²) >= 11 is 7.37. The third-order valence-corrected chi connectivity index (χ3v) is 3.56. The molecule has 1 saturated heterocycles. The number of hydrogen-bond acceptors (Lipinski definition) is 6. The molecule has 0 spiro atoms. The quantitative estimate of drug-likeness (QED) is 0.827. The zero-order chi connectivity index (χ0) is 11.4. The van der Waals surface area contributed by atoms with E-state index in [9.17, 15) is 0 Å². The first-order valence-corrected chi connectivity index (χ1v) is 6.23. The molecule has 0 amide bonds. The number of rotatable bonds is 3. The zero-order valence-electron chi connectivity index (χ0n) is 8.85. The minimum Gasteiger partial charge on any atom is -0.467 e. The van der Waals surface area contributed by atoms with Gasteiger partial charge in [-0.1, -0.05) is 11.8 Å². The Balaban J connectivity index is 2.04. The molecule has 0 unspecified atom stereocenters. The van der Waals surface area contributed by atoms with Crippen LogP contribution in [0.2, 0.25) is 5.28 Å². The number of nitrogens with zero attached hydrogens (tertiary/aromatic N) is 3. The molecule has 1 aliphatic rings. The second-order valence-electron chi connectivity index (χ2n) is 3.30. The predicted octanol–water partition coefficient (Wildman–Crippen LogP) is 1.80. The molecule has 88 valence electrons. The van der Waals surface area contributed by atoms with Crippen LogP contribution in [-0.2, 0) is 4.74 Å². The summed E-state index contributed by atoms with van der Waals surface area (Å²) in [5, 5.41) is 1.27. The van der Waals surface area contributed by atoms with Gasteiger partial charge in [-0.2, -0.15) is 15.0 Å². The van der Waals surface area contributed by atoms with Crippen molar-refractivity contribution >= 4 is 23.4 Å². The first-order valence-electron chi connectivity index (χ1n) is 4.98. The Bertz CT molecular complexity index is 361. The number of methoxy groups -OCH3 is 1. The summed E-state index contributed by atoms with van der Waals surface area (Å²) in [7, 11) is 1.51. The highest BCUT2D eigenvalue weighted by atomic mass is 35.5. The van der Waals surface area contributed by atoms with Gasteiger partial charge in [0.1, 0.15) is 0 Å². The van der Waals surface area contributed by atoms with Crippen LogP contribution in [0.25, 0.3) is 0 Å². The molecule has 0 atom stereocenters. The molecule has 5 nitrogen and oxygen atoms in total. The van der Waals surface area contributed by atoms with Gasteiger partial charge in [0.25, 0.3) is 0 Å². The van der Waals surface area contributed by atoms with Gasteiger partial charge in [0.2, 0.25) is 5.28 Å². The summed E-state index contributed by atoms with van der Waals surface area (Å²) in [5.74, 6) is 0. The molecule has 1 fully saturated rings. The number of thioether (sulfide) groups is 1. The Kier molecular flexibility index (Phi) is 4.20. The van der Waals surface area contributed by atoms with Gasteiger partial charge in [0.05, 0.1) is 7.11 Å². The van der Waals surface area contributed by atoms with E-state index in [2.05, 4.69) is 15.0 Å². The summed E-state index contributed by atoms with van der Waals surface area (Å²) < 4.78 is 10.2. The molecule has 1 aromatic rings. The smallest absolute Gasteiger partial charge is 0.321 e. The van der Waals surface area contributed by atoms with E-state index in [4.69, 9.17) is 21.1 Å². The molecule has 2 heterocycles. The van der Waals surface area contributed by atoms with Crippen molar-refractivity contribution in [3.05, 3.63) is 5.28 Å². The zero-order valence-corrected chi connectivity index (χ0v) is 10.4. The van der Waals surface area contributed by atoms with Crippen LogP contribution in [0.4, 0.5) is 0 Å². The van der Waals surface area contributed by atoms with E-state index >= 15 is 0 Å². The summed E-state index contributed by atoms with van der Waals surface area (Å²) in [6.07, 6.45) is 2.02. The van der Waals surface area contributed by atoms with E-state index in [1.807, 2.05) is 0 Å². The molecule has 0 aliphatic carbocycles. The van der Waals surface area contributed by atoms with Crippen molar-refractivity contribution in [2.24, 2.45) is 0 Å². The summed E-state index contributed by atoms with van der Waals surface area (Å²) in [6, 6.07) is 0.259. The highest BCUT2D eigenvalue weighted by Gasteiger charge is 2.17. The van der Waals surface area contributed by atoms with Crippen molar-refractivity contribution < 1.29 is 9.47 Å². The number of halogens is 1. The maximum atomic E-state index is 5.77. The lowest BCUT2D eigenvalue weighted by atomic mass is 10.2. The van der Waals surface area contributed by atoms with E-state index in [0.717, 1.165) is 26.1 Å². The molecule has 2 rings (SSSR count). The Labute approximate surface area is 103 Å². The van der Waals surface area contributed by atoms with Gasteiger partial charge in [0.15, 0.2) is 5.16 Å². The average molecular weight is 262 g/mol. The van der Waals surface area contributed by atoms with Gasteiger partial charge in [-0.15, -0.1) is 0 Å². The molecule has 7 heteroatoms. The minimum absolute atomic E-state index is 0.168. The molecular formula is C9H12ClN3O2S. The van der Waals surface area contributed by atoms with E-state index in [1.54, 1.807) is 11.8 Å². The molecule has 0 N–H and O–H groups in total. The highest BCUT2D eigenvalue weighted by Crippen LogP contribution is 2.28. The van der Waals surface area contributed by atoms with Gasteiger partial charge in [-0.25, -0.2) is 0 Å². The largest absolute Gasteiger partial charge is 0.467 e. The van der Waals surface area contributed by atoms with Crippen LogP contribution in [0, 0.1) is 0 Å². The SMILES string of the molecule is COc1nc(Cl)nc(SC2CCOCC2)n1. The maximum absolute atomic E-state index is 5.77. The summed E-state index contributed by atoms with van der Waals surface area (Å²) in [5.41, 5.74) is 0. The first kappa shape index (κ1) is 11.9. The van der Waals surface area contributed by atoms with Crippen LogP contribution in [0.5, 0.6) is 6.01 Å². The minimum atomic E-state index is 0.168. The molecule has 0 bridgehead atoms. The fraction of sp³-hybridized carbons (Fsp3) is 0.667. The Morgan fingerprint density at radius 2 is 2.06 bits per heavy atom. The van der Waals surface area contributed by atoms with Crippen LogP contribution in [0.1, 0.15) is 12.8 Å². The third kappa shape index (κ3) is 3.20. The van der Waals surface area contributed by atoms with Crippen LogP contribution < -0.4 is 4.74 Å². The van der Waals surface area contributed by atoms with Gasteiger partial charge >= 0.3 is 6.01 Å². The van der Waals surface area contributed by atoms with E-state index < -0.39 is 0 Å². The Morgan fingerprint density at radius 1 is 1.31 bits per heavy atom. The third-order valence-electron chi connectivity index (χ3n) is 2.19. The lowest BCUT2D eigenvalue weighted by Gasteiger charge is -2.20. The lowest BCUT2D eigenvalue weighted by molar-refractivity contribution is 0.1000. The lowest BCUT2D eigenvalue weighted by Crippen LogP contribution is -2.17. The standard InChI is InChI=1S/C9H12ClN3O2S/c1-14-8-11-7(10)12-9(13-8)16-6-2-4-15-5-3-6/h6H,2-5H2,1H3. The van der Waals surface area contributed by atoms with E-state index in [1.165, 1.54) is 7.11 Å². The van der Waals surface area contributed by atoms with Crippen molar-refractivity contribution in [2.75, 3.05) is 20.3 Å².